The van der Waals surface area contributed by atoms with Crippen molar-refractivity contribution in [2.45, 2.75) is 20.8 Å². The fourth-order valence-corrected chi connectivity index (χ4v) is 6.24. The lowest BCUT2D eigenvalue weighted by Gasteiger charge is -2.26. The summed E-state index contributed by atoms with van der Waals surface area (Å²) in [4.78, 5) is 44.5. The van der Waals surface area contributed by atoms with E-state index in [-0.39, 0.29) is 30.8 Å². The Labute approximate surface area is 229 Å². The van der Waals surface area contributed by atoms with E-state index in [0.29, 0.717) is 16.0 Å². The Balaban J connectivity index is 1.36. The van der Waals surface area contributed by atoms with Crippen molar-refractivity contribution in [2.75, 3.05) is 18.0 Å². The number of carbonyl (C=O) groups excluding carboxylic acids is 3. The average Bonchev–Trinajstić information content (AvgIpc) is 3.58. The maximum Gasteiger partial charge on any atom is 0.268 e. The number of imide groups is 1. The minimum Gasteiger partial charge on any atom is -0.306 e. The molecule has 39 heavy (non-hydrogen) atoms. The van der Waals surface area contributed by atoms with Gasteiger partial charge in [0, 0.05) is 24.2 Å². The van der Waals surface area contributed by atoms with Crippen molar-refractivity contribution in [2.24, 2.45) is 0 Å². The van der Waals surface area contributed by atoms with Gasteiger partial charge in [0.15, 0.2) is 0 Å². The fraction of sp³-hybridized carbons (Fsp3) is 0.161. The zero-order valence-electron chi connectivity index (χ0n) is 21.8. The van der Waals surface area contributed by atoms with Crippen LogP contribution >= 0.6 is 11.3 Å². The first-order valence-corrected chi connectivity index (χ1v) is 13.5. The molecule has 0 bridgehead atoms. The quantitative estimate of drug-likeness (QED) is 0.252. The summed E-state index contributed by atoms with van der Waals surface area (Å²) in [5, 5.41) is 5.62. The molecule has 0 saturated carbocycles. The van der Waals surface area contributed by atoms with Gasteiger partial charge < -0.3 is 4.90 Å². The molecule has 1 aliphatic rings. The van der Waals surface area contributed by atoms with Crippen molar-refractivity contribution in [1.82, 2.24) is 14.7 Å². The maximum atomic E-state index is 14.1. The molecule has 0 saturated heterocycles. The second-order valence-corrected chi connectivity index (χ2v) is 10.7. The van der Waals surface area contributed by atoms with E-state index in [9.17, 15) is 14.4 Å². The maximum absolute atomic E-state index is 14.1. The molecule has 0 radical (unpaired) electrons. The molecule has 5 aromatic rings. The molecule has 7 nitrogen and oxygen atoms in total. The Morgan fingerprint density at radius 3 is 2.21 bits per heavy atom. The van der Waals surface area contributed by atoms with E-state index in [1.54, 1.807) is 29.2 Å². The number of rotatable bonds is 6. The van der Waals surface area contributed by atoms with Gasteiger partial charge in [-0.25, -0.2) is 4.68 Å². The lowest BCUT2D eigenvalue weighted by molar-refractivity contribution is 0.0654. The number of nitrogens with zero attached hydrogens (tertiary/aromatic N) is 4. The Kier molecular flexibility index (Phi) is 6.12. The van der Waals surface area contributed by atoms with Gasteiger partial charge in [-0.2, -0.15) is 5.10 Å². The molecule has 3 aromatic carbocycles. The van der Waals surface area contributed by atoms with Crippen LogP contribution in [0.3, 0.4) is 0 Å². The number of hydrogen-bond acceptors (Lipinski definition) is 5. The zero-order chi connectivity index (χ0) is 27.3. The van der Waals surface area contributed by atoms with E-state index in [4.69, 9.17) is 5.10 Å². The smallest absolute Gasteiger partial charge is 0.268 e. The standard InChI is InChI=1S/C31H26N4O3S/c1-19-13-14-26(20(2)17-19)33(15-16-34-28(36)23-11-7-8-12-24(23)29(34)37)30(38)27-18-25-21(3)32-35(31(25)39-27)22-9-5-4-6-10-22/h4-14,17-18H,15-16H2,1-3H3. The molecular formula is C31H26N4O3S. The topological polar surface area (TPSA) is 75.5 Å². The highest BCUT2D eigenvalue weighted by Crippen LogP contribution is 2.33. The number of amides is 3. The zero-order valence-corrected chi connectivity index (χ0v) is 22.7. The number of fused-ring (bicyclic) bond motifs is 2. The van der Waals surface area contributed by atoms with E-state index >= 15 is 0 Å². The predicted octanol–water partition coefficient (Wildman–Crippen LogP) is 5.96. The Morgan fingerprint density at radius 1 is 0.872 bits per heavy atom. The lowest BCUT2D eigenvalue weighted by atomic mass is 10.1. The van der Waals surface area contributed by atoms with Crippen LogP contribution < -0.4 is 4.90 Å². The van der Waals surface area contributed by atoms with E-state index in [2.05, 4.69) is 0 Å². The van der Waals surface area contributed by atoms with E-state index in [0.717, 1.165) is 38.4 Å². The van der Waals surface area contributed by atoms with Crippen LogP contribution in [-0.2, 0) is 0 Å². The Hall–Kier alpha value is -4.56. The van der Waals surface area contributed by atoms with Gasteiger partial charge in [0.2, 0.25) is 0 Å². The molecule has 6 rings (SSSR count). The van der Waals surface area contributed by atoms with E-state index in [1.165, 1.54) is 16.2 Å². The average molecular weight is 535 g/mol. The molecule has 2 aromatic heterocycles. The highest BCUT2D eigenvalue weighted by Gasteiger charge is 2.35. The Bertz CT molecular complexity index is 1730. The van der Waals surface area contributed by atoms with Crippen LogP contribution in [0.2, 0.25) is 0 Å². The van der Waals surface area contributed by atoms with Crippen LogP contribution in [0.25, 0.3) is 15.9 Å². The number of aromatic nitrogens is 2. The second-order valence-electron chi connectivity index (χ2n) is 9.72. The number of anilines is 1. The number of aryl methyl sites for hydroxylation is 3. The van der Waals surface area contributed by atoms with Crippen molar-refractivity contribution in [3.63, 3.8) is 0 Å². The van der Waals surface area contributed by atoms with Gasteiger partial charge >= 0.3 is 0 Å². The first kappa shape index (κ1) is 24.8. The molecule has 0 fully saturated rings. The molecule has 0 spiro atoms. The summed E-state index contributed by atoms with van der Waals surface area (Å²) in [6, 6.07) is 24.5. The summed E-state index contributed by atoms with van der Waals surface area (Å²) in [5.74, 6) is -0.841. The highest BCUT2D eigenvalue weighted by atomic mass is 32.1. The van der Waals surface area contributed by atoms with Gasteiger partial charge in [-0.3, -0.25) is 19.3 Å². The van der Waals surface area contributed by atoms with Gasteiger partial charge in [0.25, 0.3) is 17.7 Å². The summed E-state index contributed by atoms with van der Waals surface area (Å²) in [6.45, 7) is 6.17. The van der Waals surface area contributed by atoms with Crippen molar-refractivity contribution < 1.29 is 14.4 Å². The third-order valence-electron chi connectivity index (χ3n) is 7.07. The monoisotopic (exact) mass is 534 g/mol. The van der Waals surface area contributed by atoms with Crippen LogP contribution in [0.15, 0.2) is 78.9 Å². The van der Waals surface area contributed by atoms with Crippen LogP contribution in [0, 0.1) is 20.8 Å². The van der Waals surface area contributed by atoms with Crippen LogP contribution in [-0.4, -0.2) is 45.5 Å². The summed E-state index contributed by atoms with van der Waals surface area (Å²) in [6.07, 6.45) is 0. The van der Waals surface area contributed by atoms with Crippen molar-refractivity contribution >= 4 is 45.0 Å². The summed E-state index contributed by atoms with van der Waals surface area (Å²) in [5.41, 5.74) is 5.35. The van der Waals surface area contributed by atoms with Crippen LogP contribution in [0.4, 0.5) is 5.69 Å². The molecule has 3 heterocycles. The molecule has 1 aliphatic heterocycles. The molecule has 194 valence electrons. The largest absolute Gasteiger partial charge is 0.306 e. The van der Waals surface area contributed by atoms with Gasteiger partial charge in [-0.1, -0.05) is 48.0 Å². The fourth-order valence-electron chi connectivity index (χ4n) is 5.11. The molecular weight excluding hydrogens is 508 g/mol. The number of para-hydroxylation sites is 1. The van der Waals surface area contributed by atoms with Crippen LogP contribution in [0.1, 0.15) is 47.2 Å². The molecule has 0 N–H and O–H groups in total. The number of hydrogen-bond donors (Lipinski definition) is 0. The van der Waals surface area contributed by atoms with E-state index < -0.39 is 0 Å². The molecule has 8 heteroatoms. The Morgan fingerprint density at radius 2 is 1.54 bits per heavy atom. The van der Waals surface area contributed by atoms with Crippen LogP contribution in [0.5, 0.6) is 0 Å². The lowest BCUT2D eigenvalue weighted by Crippen LogP contribution is -2.41. The summed E-state index contributed by atoms with van der Waals surface area (Å²) >= 11 is 1.39. The SMILES string of the molecule is Cc1ccc(N(CCN2C(=O)c3ccccc3C2=O)C(=O)c2cc3c(C)nn(-c4ccccc4)c3s2)c(C)c1. The van der Waals surface area contributed by atoms with Crippen molar-refractivity contribution in [3.05, 3.63) is 112 Å². The molecule has 0 atom stereocenters. The first-order chi connectivity index (χ1) is 18.8. The number of carbonyl (C=O) groups is 3. The molecule has 3 amide bonds. The normalized spacial score (nSPS) is 12.8. The second kappa shape index (κ2) is 9.63. The minimum absolute atomic E-state index is 0.0904. The van der Waals surface area contributed by atoms with Gasteiger partial charge in [-0.05, 0) is 62.7 Å². The minimum atomic E-state index is -0.330. The summed E-state index contributed by atoms with van der Waals surface area (Å²) in [7, 11) is 0. The summed E-state index contributed by atoms with van der Waals surface area (Å²) < 4.78 is 1.87. The van der Waals surface area contributed by atoms with Gasteiger partial charge in [0.1, 0.15) is 4.83 Å². The van der Waals surface area contributed by atoms with Gasteiger partial charge in [0.05, 0.1) is 27.4 Å². The third kappa shape index (κ3) is 4.23. The van der Waals surface area contributed by atoms with Gasteiger partial charge in [-0.15, -0.1) is 11.3 Å². The predicted molar refractivity (Wildman–Crippen MR) is 153 cm³/mol. The first-order valence-electron chi connectivity index (χ1n) is 12.7. The molecule has 0 aliphatic carbocycles. The van der Waals surface area contributed by atoms with E-state index in [1.807, 2.05) is 80.1 Å². The van der Waals surface area contributed by atoms with Crippen molar-refractivity contribution in [1.29, 1.82) is 0 Å². The third-order valence-corrected chi connectivity index (χ3v) is 8.17. The van der Waals surface area contributed by atoms with Crippen molar-refractivity contribution in [3.8, 4) is 5.69 Å². The number of benzene rings is 3. The highest BCUT2D eigenvalue weighted by molar-refractivity contribution is 7.20. The molecule has 0 unspecified atom stereocenters. The number of thiophene rings is 1.